The zero-order chi connectivity index (χ0) is 10.6. The maximum atomic E-state index is 9.96. The van der Waals surface area contributed by atoms with Gasteiger partial charge < -0.3 is 10.2 Å². The number of carbonyl (C=O) groups excluding carboxylic acids is 1. The SMILES string of the molecule is CCCCN(CCCC)CCN[C]=O. The van der Waals surface area contributed by atoms with Crippen LogP contribution >= 0.6 is 0 Å². The number of nitrogens with zero attached hydrogens (tertiary/aromatic N) is 1. The average Bonchev–Trinajstić information content (AvgIpc) is 2.21. The molecule has 1 amide bonds. The third-order valence-electron chi connectivity index (χ3n) is 2.28. The second-order valence-electron chi connectivity index (χ2n) is 3.58. The van der Waals surface area contributed by atoms with E-state index in [1.165, 1.54) is 25.7 Å². The molecule has 0 bridgehead atoms. The maximum Gasteiger partial charge on any atom is 0.309 e. The lowest BCUT2D eigenvalue weighted by molar-refractivity contribution is 0.269. The van der Waals surface area contributed by atoms with Crippen molar-refractivity contribution in [2.24, 2.45) is 0 Å². The Labute approximate surface area is 87.9 Å². The van der Waals surface area contributed by atoms with Crippen LogP contribution in [-0.4, -0.2) is 37.5 Å². The van der Waals surface area contributed by atoms with Gasteiger partial charge in [0, 0.05) is 13.1 Å². The summed E-state index contributed by atoms with van der Waals surface area (Å²) in [6, 6.07) is 0. The van der Waals surface area contributed by atoms with Crippen molar-refractivity contribution in [3.05, 3.63) is 0 Å². The van der Waals surface area contributed by atoms with Crippen LogP contribution in [0.3, 0.4) is 0 Å². The van der Waals surface area contributed by atoms with E-state index in [0.717, 1.165) is 26.2 Å². The van der Waals surface area contributed by atoms with Crippen LogP contribution in [0.5, 0.6) is 0 Å². The maximum absolute atomic E-state index is 9.96. The zero-order valence-electron chi connectivity index (χ0n) is 9.51. The second kappa shape index (κ2) is 10.5. The van der Waals surface area contributed by atoms with E-state index in [-0.39, 0.29) is 0 Å². The van der Waals surface area contributed by atoms with Gasteiger partial charge in [0.05, 0.1) is 0 Å². The third kappa shape index (κ3) is 8.05. The predicted molar refractivity (Wildman–Crippen MR) is 60.0 cm³/mol. The van der Waals surface area contributed by atoms with Crippen LogP contribution in [0.15, 0.2) is 0 Å². The van der Waals surface area contributed by atoms with E-state index >= 15 is 0 Å². The Morgan fingerprint density at radius 3 is 2.07 bits per heavy atom. The van der Waals surface area contributed by atoms with Gasteiger partial charge in [0.1, 0.15) is 0 Å². The topological polar surface area (TPSA) is 32.3 Å². The molecule has 14 heavy (non-hydrogen) atoms. The third-order valence-corrected chi connectivity index (χ3v) is 2.28. The molecule has 0 aromatic heterocycles. The molecular weight excluding hydrogens is 176 g/mol. The fourth-order valence-electron chi connectivity index (χ4n) is 1.36. The van der Waals surface area contributed by atoms with Crippen molar-refractivity contribution < 1.29 is 4.79 Å². The lowest BCUT2D eigenvalue weighted by Crippen LogP contribution is -2.33. The summed E-state index contributed by atoms with van der Waals surface area (Å²) in [4.78, 5) is 12.4. The van der Waals surface area contributed by atoms with Crippen molar-refractivity contribution in [2.75, 3.05) is 26.2 Å². The molecule has 0 spiro atoms. The summed E-state index contributed by atoms with van der Waals surface area (Å²) in [6.07, 6.45) is 6.66. The summed E-state index contributed by atoms with van der Waals surface area (Å²) in [6.45, 7) is 8.38. The van der Waals surface area contributed by atoms with E-state index < -0.39 is 0 Å². The molecule has 0 aliphatic rings. The molecular formula is C11H23N2O. The Morgan fingerprint density at radius 1 is 1.07 bits per heavy atom. The molecule has 1 N–H and O–H groups in total. The minimum absolute atomic E-state index is 0.719. The van der Waals surface area contributed by atoms with Gasteiger partial charge in [-0.3, -0.25) is 4.79 Å². The number of hydrogen-bond acceptors (Lipinski definition) is 2. The molecule has 3 heteroatoms. The summed E-state index contributed by atoms with van der Waals surface area (Å²) in [5, 5.41) is 2.58. The number of nitrogens with one attached hydrogen (secondary N) is 1. The van der Waals surface area contributed by atoms with E-state index in [2.05, 4.69) is 24.1 Å². The molecule has 0 rings (SSSR count). The van der Waals surface area contributed by atoms with Crippen molar-refractivity contribution in [1.29, 1.82) is 0 Å². The molecule has 1 radical (unpaired) electrons. The normalized spacial score (nSPS) is 10.5. The Morgan fingerprint density at radius 2 is 1.64 bits per heavy atom. The van der Waals surface area contributed by atoms with Crippen LogP contribution < -0.4 is 5.32 Å². The van der Waals surface area contributed by atoms with Gasteiger partial charge >= 0.3 is 6.41 Å². The molecule has 0 heterocycles. The highest BCUT2D eigenvalue weighted by Gasteiger charge is 2.02. The van der Waals surface area contributed by atoms with Gasteiger partial charge in [-0.25, -0.2) is 0 Å². The smallest absolute Gasteiger partial charge is 0.309 e. The van der Waals surface area contributed by atoms with E-state index in [1.807, 2.05) is 0 Å². The predicted octanol–water partition coefficient (Wildman–Crippen LogP) is 1.55. The molecule has 0 fully saturated rings. The standard InChI is InChI=1S/C11H23N2O/c1-3-5-8-13(9-6-4-2)10-7-12-11-14/h3-10H2,1-2H3,(H,12,14). The average molecular weight is 199 g/mol. The molecule has 0 aliphatic carbocycles. The van der Waals surface area contributed by atoms with Gasteiger partial charge in [-0.2, -0.15) is 0 Å². The van der Waals surface area contributed by atoms with Crippen LogP contribution in [0.4, 0.5) is 0 Å². The first-order valence-electron chi connectivity index (χ1n) is 5.67. The first kappa shape index (κ1) is 13.4. The van der Waals surface area contributed by atoms with Crippen LogP contribution in [-0.2, 0) is 4.79 Å². The largest absolute Gasteiger partial charge is 0.347 e. The van der Waals surface area contributed by atoms with Crippen molar-refractivity contribution in [2.45, 2.75) is 39.5 Å². The fourth-order valence-corrected chi connectivity index (χ4v) is 1.36. The lowest BCUT2D eigenvalue weighted by Gasteiger charge is -2.21. The highest BCUT2D eigenvalue weighted by Crippen LogP contribution is 1.97. The fraction of sp³-hybridized carbons (Fsp3) is 0.909. The molecule has 0 aromatic rings. The number of hydrogen-bond donors (Lipinski definition) is 1. The monoisotopic (exact) mass is 199 g/mol. The molecule has 83 valence electrons. The summed E-state index contributed by atoms with van der Waals surface area (Å²) in [5.74, 6) is 0. The van der Waals surface area contributed by atoms with Gasteiger partial charge in [-0.1, -0.05) is 26.7 Å². The zero-order valence-corrected chi connectivity index (χ0v) is 9.51. The molecule has 0 saturated carbocycles. The van der Waals surface area contributed by atoms with Crippen LogP contribution in [0.2, 0.25) is 0 Å². The molecule has 0 unspecified atom stereocenters. The number of unbranched alkanes of at least 4 members (excludes halogenated alkanes) is 2. The van der Waals surface area contributed by atoms with Crippen LogP contribution in [0, 0.1) is 0 Å². The highest BCUT2D eigenvalue weighted by atomic mass is 16.1. The first-order valence-corrected chi connectivity index (χ1v) is 5.67. The van der Waals surface area contributed by atoms with E-state index in [9.17, 15) is 4.79 Å². The van der Waals surface area contributed by atoms with Gasteiger partial charge in [0.25, 0.3) is 0 Å². The first-order chi connectivity index (χ1) is 6.85. The number of rotatable bonds is 10. The second-order valence-corrected chi connectivity index (χ2v) is 3.58. The van der Waals surface area contributed by atoms with Crippen LogP contribution in [0.25, 0.3) is 0 Å². The molecule has 0 saturated heterocycles. The Hall–Kier alpha value is -0.570. The minimum atomic E-state index is 0.719. The quantitative estimate of drug-likeness (QED) is 0.427. The summed E-state index contributed by atoms with van der Waals surface area (Å²) in [7, 11) is 0. The molecule has 0 aliphatic heterocycles. The van der Waals surface area contributed by atoms with Crippen molar-refractivity contribution in [3.8, 4) is 0 Å². The lowest BCUT2D eigenvalue weighted by atomic mass is 10.2. The van der Waals surface area contributed by atoms with Gasteiger partial charge in [-0.05, 0) is 25.9 Å². The van der Waals surface area contributed by atoms with Crippen molar-refractivity contribution in [3.63, 3.8) is 0 Å². The van der Waals surface area contributed by atoms with E-state index in [4.69, 9.17) is 0 Å². The molecule has 3 nitrogen and oxygen atoms in total. The van der Waals surface area contributed by atoms with Gasteiger partial charge in [0.2, 0.25) is 0 Å². The van der Waals surface area contributed by atoms with Crippen molar-refractivity contribution in [1.82, 2.24) is 10.2 Å². The van der Waals surface area contributed by atoms with E-state index in [0.29, 0.717) is 0 Å². The summed E-state index contributed by atoms with van der Waals surface area (Å²) in [5.41, 5.74) is 0. The van der Waals surface area contributed by atoms with Gasteiger partial charge in [0.15, 0.2) is 0 Å². The van der Waals surface area contributed by atoms with E-state index in [1.54, 1.807) is 6.41 Å². The van der Waals surface area contributed by atoms with Gasteiger partial charge in [-0.15, -0.1) is 0 Å². The molecule has 0 atom stereocenters. The van der Waals surface area contributed by atoms with Crippen LogP contribution in [0.1, 0.15) is 39.5 Å². The Bertz CT molecular complexity index is 120. The minimum Gasteiger partial charge on any atom is -0.347 e. The highest BCUT2D eigenvalue weighted by molar-refractivity contribution is 5.46. The van der Waals surface area contributed by atoms with Crippen molar-refractivity contribution >= 4 is 6.41 Å². The summed E-state index contributed by atoms with van der Waals surface area (Å²) < 4.78 is 0. The summed E-state index contributed by atoms with van der Waals surface area (Å²) >= 11 is 0. The number of amides is 1. The molecule has 0 aromatic carbocycles. The Balaban J connectivity index is 3.54. The Kier molecular flexibility index (Phi) is 10.1.